The van der Waals surface area contributed by atoms with E-state index in [4.69, 9.17) is 9.26 Å². The number of alkyl halides is 3. The highest BCUT2D eigenvalue weighted by Crippen LogP contribution is 2.41. The van der Waals surface area contributed by atoms with Gasteiger partial charge in [0, 0.05) is 17.8 Å². The summed E-state index contributed by atoms with van der Waals surface area (Å²) in [5, 5.41) is 8.24. The first-order valence-corrected chi connectivity index (χ1v) is 9.55. The Morgan fingerprint density at radius 2 is 1.78 bits per heavy atom. The molecule has 0 radical (unpaired) electrons. The Kier molecular flexibility index (Phi) is 6.32. The Hall–Kier alpha value is -3.70. The quantitative estimate of drug-likeness (QED) is 0.558. The van der Waals surface area contributed by atoms with Gasteiger partial charge in [-0.1, -0.05) is 5.16 Å². The number of aromatic nitrogens is 4. The zero-order valence-electron chi connectivity index (χ0n) is 17.7. The van der Waals surface area contributed by atoms with Gasteiger partial charge in [0.05, 0.1) is 30.4 Å². The summed E-state index contributed by atoms with van der Waals surface area (Å²) in [4.78, 5) is 24.8. The molecule has 3 aromatic heterocycles. The molecule has 2 N–H and O–H groups in total. The van der Waals surface area contributed by atoms with Crippen LogP contribution >= 0.6 is 0 Å². The van der Waals surface area contributed by atoms with Crippen LogP contribution in [0.25, 0.3) is 11.4 Å². The highest BCUT2D eigenvalue weighted by atomic mass is 19.4. The summed E-state index contributed by atoms with van der Waals surface area (Å²) >= 11 is 0. The molecule has 0 bridgehead atoms. The zero-order chi connectivity index (χ0) is 23.5. The normalized spacial score (nSPS) is 11.8. The Morgan fingerprint density at radius 1 is 1.09 bits per heavy atom. The number of hydrogen-bond acceptors (Lipinski definition) is 7. The minimum atomic E-state index is -4.54. The van der Waals surface area contributed by atoms with Crippen molar-refractivity contribution in [3.05, 3.63) is 42.2 Å². The standard InChI is InChI=1S/C20H21F3N6O3/c1-5-31-14-6-12(8-24-11(14)2)17-25-9-13(10-26-17)27-18(30)28-16-7-15(32-29-16)19(3,4)20(21,22)23/h6-10H,5H2,1-4H3,(H2,27,28,29,30). The number of ether oxygens (including phenoxy) is 1. The Balaban J connectivity index is 1.65. The van der Waals surface area contributed by atoms with E-state index in [1.54, 1.807) is 12.3 Å². The van der Waals surface area contributed by atoms with E-state index < -0.39 is 23.4 Å². The topological polar surface area (TPSA) is 115 Å². The third-order valence-corrected chi connectivity index (χ3v) is 4.58. The first-order chi connectivity index (χ1) is 15.0. The first kappa shape index (κ1) is 23.0. The maximum atomic E-state index is 13.1. The summed E-state index contributed by atoms with van der Waals surface area (Å²) in [6, 6.07) is 2.04. The van der Waals surface area contributed by atoms with Crippen molar-refractivity contribution < 1.29 is 27.2 Å². The van der Waals surface area contributed by atoms with Crippen molar-refractivity contribution in [2.45, 2.75) is 39.3 Å². The van der Waals surface area contributed by atoms with Crippen LogP contribution in [0.3, 0.4) is 0 Å². The summed E-state index contributed by atoms with van der Waals surface area (Å²) in [7, 11) is 0. The van der Waals surface area contributed by atoms with Crippen LogP contribution in [0.15, 0.2) is 35.2 Å². The number of aryl methyl sites for hydroxylation is 1. The average Bonchev–Trinajstić information content (AvgIpc) is 3.18. The van der Waals surface area contributed by atoms with E-state index in [9.17, 15) is 18.0 Å². The molecule has 0 spiro atoms. The molecule has 0 atom stereocenters. The largest absolute Gasteiger partial charge is 0.492 e. The molecule has 12 heteroatoms. The highest BCUT2D eigenvalue weighted by Gasteiger charge is 2.51. The molecule has 0 saturated carbocycles. The summed E-state index contributed by atoms with van der Waals surface area (Å²) in [5.74, 6) is 0.406. The molecule has 0 saturated heterocycles. The van der Waals surface area contributed by atoms with Gasteiger partial charge in [-0.25, -0.2) is 14.8 Å². The van der Waals surface area contributed by atoms with Crippen molar-refractivity contribution in [3.8, 4) is 17.1 Å². The molecule has 2 amide bonds. The predicted molar refractivity (Wildman–Crippen MR) is 109 cm³/mol. The third-order valence-electron chi connectivity index (χ3n) is 4.58. The number of rotatable bonds is 6. The van der Waals surface area contributed by atoms with Crippen LogP contribution in [-0.2, 0) is 5.41 Å². The maximum absolute atomic E-state index is 13.1. The zero-order valence-corrected chi connectivity index (χ0v) is 17.7. The van der Waals surface area contributed by atoms with Crippen molar-refractivity contribution in [1.82, 2.24) is 20.1 Å². The molecule has 3 rings (SSSR count). The minimum Gasteiger partial charge on any atom is -0.492 e. The number of hydrogen-bond donors (Lipinski definition) is 2. The molecule has 0 aromatic carbocycles. The highest BCUT2D eigenvalue weighted by molar-refractivity contribution is 5.98. The van der Waals surface area contributed by atoms with Gasteiger partial charge >= 0.3 is 12.2 Å². The number of halogens is 3. The molecule has 3 aromatic rings. The van der Waals surface area contributed by atoms with Gasteiger partial charge < -0.3 is 14.6 Å². The second-order valence-electron chi connectivity index (χ2n) is 7.31. The lowest BCUT2D eigenvalue weighted by molar-refractivity contribution is -0.185. The second-order valence-corrected chi connectivity index (χ2v) is 7.31. The van der Waals surface area contributed by atoms with Crippen LogP contribution in [0, 0.1) is 6.92 Å². The number of amides is 2. The number of urea groups is 1. The van der Waals surface area contributed by atoms with Crippen molar-refractivity contribution in [1.29, 1.82) is 0 Å². The molecule has 0 unspecified atom stereocenters. The lowest BCUT2D eigenvalue weighted by Gasteiger charge is -2.24. The van der Waals surface area contributed by atoms with E-state index in [0.717, 1.165) is 25.6 Å². The molecule has 3 heterocycles. The van der Waals surface area contributed by atoms with Crippen LogP contribution < -0.4 is 15.4 Å². The van der Waals surface area contributed by atoms with E-state index in [1.165, 1.54) is 12.4 Å². The molecular formula is C20H21F3N6O3. The SMILES string of the molecule is CCOc1cc(-c2ncc(NC(=O)Nc3cc(C(C)(C)C(F)(F)F)on3)cn2)cnc1C. The van der Waals surface area contributed by atoms with Gasteiger partial charge in [0.25, 0.3) is 0 Å². The van der Waals surface area contributed by atoms with Gasteiger partial charge in [-0.2, -0.15) is 13.2 Å². The van der Waals surface area contributed by atoms with Gasteiger partial charge in [0.1, 0.15) is 11.2 Å². The minimum absolute atomic E-state index is 0.165. The van der Waals surface area contributed by atoms with Crippen molar-refractivity contribution in [2.24, 2.45) is 0 Å². The van der Waals surface area contributed by atoms with Gasteiger partial charge in [-0.3, -0.25) is 10.3 Å². The van der Waals surface area contributed by atoms with Crippen LogP contribution in [0.2, 0.25) is 0 Å². The fraction of sp³-hybridized carbons (Fsp3) is 0.350. The fourth-order valence-electron chi connectivity index (χ4n) is 2.53. The number of carbonyl (C=O) groups is 1. The molecule has 0 fully saturated rings. The molecule has 0 aliphatic carbocycles. The summed E-state index contributed by atoms with van der Waals surface area (Å²) in [6.07, 6.45) is -0.175. The second kappa shape index (κ2) is 8.81. The summed E-state index contributed by atoms with van der Waals surface area (Å²) in [5.41, 5.74) is -0.624. The van der Waals surface area contributed by atoms with Crippen molar-refractivity contribution in [3.63, 3.8) is 0 Å². The van der Waals surface area contributed by atoms with Crippen molar-refractivity contribution >= 4 is 17.5 Å². The van der Waals surface area contributed by atoms with E-state index in [2.05, 4.69) is 30.7 Å². The first-order valence-electron chi connectivity index (χ1n) is 9.55. The number of anilines is 2. The van der Waals surface area contributed by atoms with Crippen LogP contribution in [0.1, 0.15) is 32.2 Å². The number of nitrogens with zero attached hydrogens (tertiary/aromatic N) is 4. The Morgan fingerprint density at radius 3 is 2.41 bits per heavy atom. The van der Waals surface area contributed by atoms with Gasteiger partial charge in [0.15, 0.2) is 17.4 Å². The van der Waals surface area contributed by atoms with E-state index >= 15 is 0 Å². The summed E-state index contributed by atoms with van der Waals surface area (Å²) < 4.78 is 49.6. The third kappa shape index (κ3) is 4.95. The van der Waals surface area contributed by atoms with Crippen LogP contribution in [0.5, 0.6) is 5.75 Å². The van der Waals surface area contributed by atoms with E-state index in [1.807, 2.05) is 13.8 Å². The molecule has 9 nitrogen and oxygen atoms in total. The van der Waals surface area contributed by atoms with Gasteiger partial charge in [-0.15, -0.1) is 0 Å². The average molecular weight is 450 g/mol. The van der Waals surface area contributed by atoms with Crippen molar-refractivity contribution in [2.75, 3.05) is 17.2 Å². The van der Waals surface area contributed by atoms with Gasteiger partial charge in [0.2, 0.25) is 0 Å². The molecule has 170 valence electrons. The molecule has 0 aliphatic heterocycles. The van der Waals surface area contributed by atoms with Crippen LogP contribution in [-0.4, -0.2) is 38.9 Å². The predicted octanol–water partition coefficient (Wildman–Crippen LogP) is 4.72. The number of nitrogens with one attached hydrogen (secondary N) is 2. The number of carbonyl (C=O) groups excluding carboxylic acids is 1. The smallest absolute Gasteiger partial charge is 0.401 e. The van der Waals surface area contributed by atoms with E-state index in [-0.39, 0.29) is 11.5 Å². The maximum Gasteiger partial charge on any atom is 0.401 e. The fourth-order valence-corrected chi connectivity index (χ4v) is 2.53. The lowest BCUT2D eigenvalue weighted by Crippen LogP contribution is -2.35. The molecular weight excluding hydrogens is 429 g/mol. The number of pyridine rings is 1. The Labute approximate surface area is 181 Å². The monoisotopic (exact) mass is 450 g/mol. The Bertz CT molecular complexity index is 1100. The molecule has 32 heavy (non-hydrogen) atoms. The lowest BCUT2D eigenvalue weighted by atomic mass is 9.89. The van der Waals surface area contributed by atoms with Gasteiger partial charge in [-0.05, 0) is 33.8 Å². The molecule has 0 aliphatic rings. The van der Waals surface area contributed by atoms with Crippen LogP contribution in [0.4, 0.5) is 29.5 Å². The van der Waals surface area contributed by atoms with E-state index in [0.29, 0.717) is 23.7 Å². The summed E-state index contributed by atoms with van der Waals surface area (Å²) in [6.45, 7) is 6.09.